The lowest BCUT2D eigenvalue weighted by molar-refractivity contribution is 0.557. The van der Waals surface area contributed by atoms with Crippen LogP contribution in [0.4, 0.5) is 17.6 Å². The van der Waals surface area contributed by atoms with E-state index in [0.717, 1.165) is 17.0 Å². The number of benzene rings is 4. The monoisotopic (exact) mass is 826 g/mol. The summed E-state index contributed by atoms with van der Waals surface area (Å²) in [5.41, 5.74) is 15.8. The van der Waals surface area contributed by atoms with Gasteiger partial charge < -0.3 is 11.5 Å². The maximum absolute atomic E-state index is 15.4. The average molecular weight is 828 g/mol. The van der Waals surface area contributed by atoms with E-state index in [1.54, 1.807) is 85.5 Å². The third-order valence-electron chi connectivity index (χ3n) is 10.1. The number of fused-ring (bicyclic) bond motifs is 2. The molecule has 2 aliphatic rings. The predicted molar refractivity (Wildman–Crippen MR) is 213 cm³/mol. The first kappa shape index (κ1) is 37.3. The van der Waals surface area contributed by atoms with Gasteiger partial charge >= 0.3 is 0 Å². The fourth-order valence-corrected chi connectivity index (χ4v) is 8.03. The number of nitrogens with two attached hydrogens (primary N) is 2. The number of pyridine rings is 2. The highest BCUT2D eigenvalue weighted by Gasteiger charge is 2.47. The van der Waals surface area contributed by atoms with Crippen molar-refractivity contribution in [3.8, 4) is 11.1 Å². The van der Waals surface area contributed by atoms with Gasteiger partial charge in [-0.15, -0.1) is 0 Å². The van der Waals surface area contributed by atoms with Crippen LogP contribution in [-0.2, 0) is 11.1 Å². The van der Waals surface area contributed by atoms with E-state index in [0.29, 0.717) is 37.9 Å². The molecule has 2 unspecified atom stereocenters. The van der Waals surface area contributed by atoms with Crippen LogP contribution in [0.1, 0.15) is 55.9 Å². The van der Waals surface area contributed by atoms with E-state index in [9.17, 15) is 13.2 Å². The molecule has 0 saturated heterocycles. The van der Waals surface area contributed by atoms with Gasteiger partial charge in [-0.2, -0.15) is 0 Å². The molecule has 0 spiro atoms. The minimum Gasteiger partial charge on any atom is -0.383 e. The zero-order chi connectivity index (χ0) is 40.1. The average Bonchev–Trinajstić information content (AvgIpc) is 3.69. The molecule has 0 fully saturated rings. The molecule has 282 valence electrons. The molecule has 3 aromatic heterocycles. The number of hydrogen-bond donors (Lipinski definition) is 2. The van der Waals surface area contributed by atoms with Crippen LogP contribution in [0, 0.1) is 37.1 Å². The van der Waals surface area contributed by atoms with Crippen molar-refractivity contribution in [2.75, 3.05) is 0 Å². The molecule has 2 atom stereocenters. The summed E-state index contributed by atoms with van der Waals surface area (Å²) in [4.78, 5) is 25.8. The first-order chi connectivity index (χ1) is 27.4. The molecule has 4 aromatic carbocycles. The number of hydrogen-bond acceptors (Lipinski definition) is 8. The van der Waals surface area contributed by atoms with E-state index in [1.807, 2.05) is 26.0 Å². The lowest BCUT2D eigenvalue weighted by Crippen LogP contribution is -2.27. The predicted octanol–water partition coefficient (Wildman–Crippen LogP) is 8.58. The molecular weight excluding hydrogens is 796 g/mol. The number of halogens is 5. The molecule has 0 saturated carbocycles. The summed E-state index contributed by atoms with van der Waals surface area (Å²) in [6.07, 6.45) is 7.98. The number of rotatable bonds is 5. The normalized spacial score (nSPS) is 17.9. The summed E-state index contributed by atoms with van der Waals surface area (Å²) >= 11 is 3.39. The van der Waals surface area contributed by atoms with Crippen LogP contribution < -0.4 is 11.5 Å². The summed E-state index contributed by atoms with van der Waals surface area (Å²) in [6.45, 7) is 3.67. The molecule has 0 bridgehead atoms. The molecule has 9 rings (SSSR count). The highest BCUT2D eigenvalue weighted by molar-refractivity contribution is 9.10. The topological polar surface area (TPSA) is 128 Å². The Bertz CT molecular complexity index is 2780. The van der Waals surface area contributed by atoms with Gasteiger partial charge in [-0.1, -0.05) is 46.3 Å². The van der Waals surface area contributed by atoms with E-state index in [-0.39, 0.29) is 28.4 Å². The molecule has 2 aliphatic heterocycles. The largest absolute Gasteiger partial charge is 0.383 e. The zero-order valence-corrected chi connectivity index (χ0v) is 31.9. The Morgan fingerprint density at radius 3 is 1.53 bits per heavy atom. The van der Waals surface area contributed by atoms with Crippen LogP contribution in [-0.4, -0.2) is 31.6 Å². The molecule has 7 aromatic rings. The molecule has 0 aliphatic carbocycles. The SMILES string of the molecule is Cc1cc(C2(c3cc(-c4cncnc4)ccc3F)N=C(N)c3c(F)cccc32)ccn1.Cc1cc(C2(c3cc(Br)ccc3F)N=C(N)c3c(F)cccc32)ccn1. The van der Waals surface area contributed by atoms with Gasteiger partial charge in [0.2, 0.25) is 0 Å². The standard InChI is InChI=1S/C24H17F2N5.C20H14BrF2N3/c1-14-9-17(7-8-30-14)24(18-3-2-4-21(26)22(18)23(27)31-24)19-10-15(5-6-20(19)25)16-11-28-13-29-12-16;1-11-9-12(7-8-25-11)20(15-10-13(21)5-6-16(15)22)14-3-2-4-17(23)18(14)19(24)26-20/h2-13H,1H3,(H2,27,31);2-10H,1H3,(H2,24,26). The van der Waals surface area contributed by atoms with E-state index in [2.05, 4.69) is 45.9 Å². The van der Waals surface area contributed by atoms with Crippen LogP contribution in [0.3, 0.4) is 0 Å². The van der Waals surface area contributed by atoms with Gasteiger partial charge in [-0.05, 0) is 97.3 Å². The molecule has 57 heavy (non-hydrogen) atoms. The van der Waals surface area contributed by atoms with Crippen LogP contribution >= 0.6 is 15.9 Å². The van der Waals surface area contributed by atoms with Gasteiger partial charge in [0.25, 0.3) is 0 Å². The summed E-state index contributed by atoms with van der Waals surface area (Å²) < 4.78 is 60.3. The van der Waals surface area contributed by atoms with E-state index >= 15 is 4.39 Å². The van der Waals surface area contributed by atoms with Gasteiger partial charge in [0, 0.05) is 68.5 Å². The molecule has 0 radical (unpaired) electrons. The number of aromatic nitrogens is 4. The molecule has 4 N–H and O–H groups in total. The van der Waals surface area contributed by atoms with Crippen molar-refractivity contribution in [2.24, 2.45) is 21.5 Å². The Kier molecular flexibility index (Phi) is 9.48. The fraction of sp³-hybridized carbons (Fsp3) is 0.0909. The van der Waals surface area contributed by atoms with Crippen LogP contribution in [0.25, 0.3) is 11.1 Å². The molecule has 8 nitrogen and oxygen atoms in total. The first-order valence-corrected chi connectivity index (χ1v) is 18.4. The van der Waals surface area contributed by atoms with E-state index < -0.39 is 34.3 Å². The van der Waals surface area contributed by atoms with Gasteiger partial charge in [-0.25, -0.2) is 37.5 Å². The maximum Gasteiger partial charge on any atom is 0.142 e. The smallest absolute Gasteiger partial charge is 0.142 e. The van der Waals surface area contributed by atoms with Gasteiger partial charge in [0.15, 0.2) is 0 Å². The summed E-state index contributed by atoms with van der Waals surface area (Å²) in [5, 5.41) is 0. The molecule has 13 heteroatoms. The summed E-state index contributed by atoms with van der Waals surface area (Å²) in [7, 11) is 0. The van der Waals surface area contributed by atoms with Crippen molar-refractivity contribution in [3.63, 3.8) is 0 Å². The Morgan fingerprint density at radius 2 is 1.02 bits per heavy atom. The minimum absolute atomic E-state index is 0.0235. The van der Waals surface area contributed by atoms with Crippen molar-refractivity contribution in [3.05, 3.63) is 212 Å². The fourth-order valence-electron chi connectivity index (χ4n) is 7.67. The second-order valence-electron chi connectivity index (χ2n) is 13.6. The van der Waals surface area contributed by atoms with Gasteiger partial charge in [0.05, 0.1) is 11.1 Å². The van der Waals surface area contributed by atoms with Crippen LogP contribution in [0.5, 0.6) is 0 Å². The third-order valence-corrected chi connectivity index (χ3v) is 10.6. The second kappa shape index (κ2) is 14.5. The van der Waals surface area contributed by atoms with Crippen LogP contribution in [0.15, 0.2) is 143 Å². The van der Waals surface area contributed by atoms with E-state index in [4.69, 9.17) is 11.5 Å². The minimum atomic E-state index is -1.36. The maximum atomic E-state index is 15.4. The van der Waals surface area contributed by atoms with Crippen LogP contribution in [0.2, 0.25) is 0 Å². The Labute approximate surface area is 333 Å². The highest BCUT2D eigenvalue weighted by Crippen LogP contribution is 2.49. The number of amidine groups is 2. The van der Waals surface area contributed by atoms with Crippen molar-refractivity contribution < 1.29 is 17.6 Å². The van der Waals surface area contributed by atoms with Crippen molar-refractivity contribution in [1.82, 2.24) is 19.9 Å². The van der Waals surface area contributed by atoms with Gasteiger partial charge in [0.1, 0.15) is 52.3 Å². The summed E-state index contributed by atoms with van der Waals surface area (Å²) in [6, 6.07) is 25.8. The Morgan fingerprint density at radius 1 is 0.526 bits per heavy atom. The van der Waals surface area contributed by atoms with Gasteiger partial charge in [-0.3, -0.25) is 9.97 Å². The lowest BCUT2D eigenvalue weighted by Gasteiger charge is -2.30. The molecule has 0 amide bonds. The number of aliphatic imine (C=N–C) groups is 2. The molecule has 5 heterocycles. The van der Waals surface area contributed by atoms with Crippen molar-refractivity contribution in [2.45, 2.75) is 24.9 Å². The zero-order valence-electron chi connectivity index (χ0n) is 30.4. The number of aryl methyl sites for hydroxylation is 2. The summed E-state index contributed by atoms with van der Waals surface area (Å²) in [5.74, 6) is -1.84. The van der Waals surface area contributed by atoms with Crippen molar-refractivity contribution >= 4 is 27.6 Å². The number of nitrogens with zero attached hydrogens (tertiary/aromatic N) is 6. The third kappa shape index (κ3) is 6.24. The van der Waals surface area contributed by atoms with Crippen molar-refractivity contribution in [1.29, 1.82) is 0 Å². The first-order valence-electron chi connectivity index (χ1n) is 17.6. The highest BCUT2D eigenvalue weighted by atomic mass is 79.9. The second-order valence-corrected chi connectivity index (χ2v) is 14.5. The Hall–Kier alpha value is -6.60. The quantitative estimate of drug-likeness (QED) is 0.168. The lowest BCUT2D eigenvalue weighted by atomic mass is 9.76. The Balaban J connectivity index is 0.000000162. The molecular formula is C44H31BrF4N8. The van der Waals surface area contributed by atoms with E-state index in [1.165, 1.54) is 30.6 Å².